The van der Waals surface area contributed by atoms with Crippen LogP contribution in [0.1, 0.15) is 39.3 Å². The van der Waals surface area contributed by atoms with Gasteiger partial charge in [0.15, 0.2) is 11.5 Å². The predicted octanol–water partition coefficient (Wildman–Crippen LogP) is 2.97. The number of pyridine rings is 1. The Labute approximate surface area is 96.8 Å². The summed E-state index contributed by atoms with van der Waals surface area (Å²) in [5.74, 6) is 1.68. The second kappa shape index (κ2) is 4.73. The monoisotopic (exact) mass is 221 g/mol. The minimum Gasteiger partial charge on any atom is -0.486 e. The van der Waals surface area contributed by atoms with E-state index in [0.29, 0.717) is 6.10 Å². The van der Waals surface area contributed by atoms with Crippen LogP contribution in [-0.4, -0.2) is 17.2 Å². The van der Waals surface area contributed by atoms with Gasteiger partial charge < -0.3 is 9.47 Å². The number of aryl methyl sites for hydroxylation is 1. The molecule has 0 atom stereocenters. The fraction of sp³-hybridized carbons (Fsp3) is 0.615. The summed E-state index contributed by atoms with van der Waals surface area (Å²) < 4.78 is 11.6. The van der Waals surface area contributed by atoms with Crippen molar-refractivity contribution in [3.63, 3.8) is 0 Å². The zero-order valence-electron chi connectivity index (χ0n) is 10.2. The van der Waals surface area contributed by atoms with E-state index in [-0.39, 0.29) is 6.10 Å². The fourth-order valence-electron chi connectivity index (χ4n) is 1.54. The van der Waals surface area contributed by atoms with E-state index in [2.05, 4.69) is 11.9 Å². The number of rotatable bonds is 5. The minimum absolute atomic E-state index is 0.149. The lowest BCUT2D eigenvalue weighted by molar-refractivity contribution is 0.214. The van der Waals surface area contributed by atoms with Gasteiger partial charge in [0.2, 0.25) is 0 Å². The van der Waals surface area contributed by atoms with Crippen molar-refractivity contribution in [2.24, 2.45) is 0 Å². The molecule has 3 nitrogen and oxygen atoms in total. The first-order chi connectivity index (χ1) is 7.70. The van der Waals surface area contributed by atoms with Gasteiger partial charge in [-0.2, -0.15) is 0 Å². The van der Waals surface area contributed by atoms with Gasteiger partial charge >= 0.3 is 0 Å². The van der Waals surface area contributed by atoms with Crippen molar-refractivity contribution in [3.05, 3.63) is 18.0 Å². The van der Waals surface area contributed by atoms with E-state index in [1.165, 1.54) is 0 Å². The van der Waals surface area contributed by atoms with Gasteiger partial charge in [0.1, 0.15) is 0 Å². The Morgan fingerprint density at radius 1 is 1.44 bits per heavy atom. The van der Waals surface area contributed by atoms with Crippen LogP contribution in [0, 0.1) is 0 Å². The highest BCUT2D eigenvalue weighted by Gasteiger charge is 2.25. The van der Waals surface area contributed by atoms with E-state index >= 15 is 0 Å². The van der Waals surface area contributed by atoms with Gasteiger partial charge in [-0.25, -0.2) is 0 Å². The lowest BCUT2D eigenvalue weighted by Gasteiger charge is -2.17. The van der Waals surface area contributed by atoms with Gasteiger partial charge in [-0.15, -0.1) is 0 Å². The Morgan fingerprint density at radius 3 is 2.75 bits per heavy atom. The molecule has 88 valence electrons. The maximum Gasteiger partial charge on any atom is 0.183 e. The van der Waals surface area contributed by atoms with Gasteiger partial charge in [0, 0.05) is 12.3 Å². The average Bonchev–Trinajstić information content (AvgIpc) is 3.04. The summed E-state index contributed by atoms with van der Waals surface area (Å²) in [4.78, 5) is 4.33. The molecule has 2 rings (SSSR count). The van der Waals surface area contributed by atoms with Crippen LogP contribution < -0.4 is 9.47 Å². The van der Waals surface area contributed by atoms with E-state index in [0.717, 1.165) is 36.5 Å². The molecule has 1 fully saturated rings. The van der Waals surface area contributed by atoms with Crippen LogP contribution in [0.4, 0.5) is 0 Å². The SMILES string of the molecule is CCc1nccc(OC2CC2)c1OC(C)C. The van der Waals surface area contributed by atoms with Crippen molar-refractivity contribution >= 4 is 0 Å². The number of aromatic nitrogens is 1. The number of ether oxygens (including phenoxy) is 2. The third-order valence-electron chi connectivity index (χ3n) is 2.45. The summed E-state index contributed by atoms with van der Waals surface area (Å²) in [7, 11) is 0. The summed E-state index contributed by atoms with van der Waals surface area (Å²) in [6.45, 7) is 6.12. The highest BCUT2D eigenvalue weighted by atomic mass is 16.5. The lowest BCUT2D eigenvalue weighted by atomic mass is 10.2. The van der Waals surface area contributed by atoms with Gasteiger partial charge in [0.05, 0.1) is 17.9 Å². The van der Waals surface area contributed by atoms with Crippen LogP contribution in [0.15, 0.2) is 12.3 Å². The van der Waals surface area contributed by atoms with Gasteiger partial charge in [-0.05, 0) is 33.1 Å². The highest BCUT2D eigenvalue weighted by molar-refractivity contribution is 5.43. The molecule has 1 aromatic heterocycles. The topological polar surface area (TPSA) is 31.4 Å². The summed E-state index contributed by atoms with van der Waals surface area (Å²) in [5.41, 5.74) is 0.979. The Hall–Kier alpha value is -1.25. The molecule has 0 spiro atoms. The third-order valence-corrected chi connectivity index (χ3v) is 2.45. The zero-order valence-corrected chi connectivity index (χ0v) is 10.2. The van der Waals surface area contributed by atoms with Crippen LogP contribution >= 0.6 is 0 Å². The van der Waals surface area contributed by atoms with Crippen LogP contribution in [0.25, 0.3) is 0 Å². The van der Waals surface area contributed by atoms with Crippen molar-refractivity contribution in [1.82, 2.24) is 4.98 Å². The molecule has 16 heavy (non-hydrogen) atoms. The molecular formula is C13H19NO2. The first-order valence-electron chi connectivity index (χ1n) is 6.02. The number of hydrogen-bond acceptors (Lipinski definition) is 3. The standard InChI is InChI=1S/C13H19NO2/c1-4-11-13(15-9(2)3)12(7-8-14-11)16-10-5-6-10/h7-10H,4-6H2,1-3H3. The third kappa shape index (κ3) is 2.65. The molecule has 0 aliphatic heterocycles. The Kier molecular flexibility index (Phi) is 3.32. The fourth-order valence-corrected chi connectivity index (χ4v) is 1.54. The molecule has 0 unspecified atom stereocenters. The van der Waals surface area contributed by atoms with Crippen molar-refractivity contribution < 1.29 is 9.47 Å². The number of hydrogen-bond donors (Lipinski definition) is 0. The molecule has 0 aromatic carbocycles. The van der Waals surface area contributed by atoms with Crippen molar-refractivity contribution in [2.75, 3.05) is 0 Å². The molecule has 1 heterocycles. The molecule has 0 N–H and O–H groups in total. The van der Waals surface area contributed by atoms with Crippen LogP contribution in [0.5, 0.6) is 11.5 Å². The minimum atomic E-state index is 0.149. The zero-order chi connectivity index (χ0) is 11.5. The quantitative estimate of drug-likeness (QED) is 0.766. The second-order valence-corrected chi connectivity index (χ2v) is 4.42. The normalized spacial score (nSPS) is 15.2. The lowest BCUT2D eigenvalue weighted by Crippen LogP contribution is -2.10. The van der Waals surface area contributed by atoms with Crippen molar-refractivity contribution in [3.8, 4) is 11.5 Å². The second-order valence-electron chi connectivity index (χ2n) is 4.42. The smallest absolute Gasteiger partial charge is 0.183 e. The highest BCUT2D eigenvalue weighted by Crippen LogP contribution is 2.35. The van der Waals surface area contributed by atoms with Crippen LogP contribution in [0.3, 0.4) is 0 Å². The molecule has 1 aliphatic carbocycles. The summed E-state index contributed by atoms with van der Waals surface area (Å²) in [5, 5.41) is 0. The van der Waals surface area contributed by atoms with Crippen LogP contribution in [-0.2, 0) is 6.42 Å². The Balaban J connectivity index is 2.25. The van der Waals surface area contributed by atoms with Gasteiger partial charge in [0.25, 0.3) is 0 Å². The summed E-state index contributed by atoms with van der Waals surface area (Å²) >= 11 is 0. The van der Waals surface area contributed by atoms with E-state index in [1.54, 1.807) is 6.20 Å². The van der Waals surface area contributed by atoms with Gasteiger partial charge in [-0.3, -0.25) is 4.98 Å². The number of nitrogens with zero attached hydrogens (tertiary/aromatic N) is 1. The molecule has 0 amide bonds. The predicted molar refractivity (Wildman–Crippen MR) is 63.0 cm³/mol. The Morgan fingerprint density at radius 2 is 2.19 bits per heavy atom. The summed E-state index contributed by atoms with van der Waals surface area (Å²) in [6.07, 6.45) is 5.52. The largest absolute Gasteiger partial charge is 0.486 e. The molecule has 1 aliphatic rings. The van der Waals surface area contributed by atoms with E-state index < -0.39 is 0 Å². The Bertz CT molecular complexity index is 359. The molecular weight excluding hydrogens is 202 g/mol. The summed E-state index contributed by atoms with van der Waals surface area (Å²) in [6, 6.07) is 1.90. The van der Waals surface area contributed by atoms with Crippen molar-refractivity contribution in [1.29, 1.82) is 0 Å². The molecule has 1 saturated carbocycles. The van der Waals surface area contributed by atoms with Crippen molar-refractivity contribution in [2.45, 2.75) is 52.2 Å². The molecule has 0 bridgehead atoms. The average molecular weight is 221 g/mol. The van der Waals surface area contributed by atoms with Crippen LogP contribution in [0.2, 0.25) is 0 Å². The first-order valence-corrected chi connectivity index (χ1v) is 6.02. The molecule has 1 aromatic rings. The van der Waals surface area contributed by atoms with E-state index in [1.807, 2.05) is 19.9 Å². The molecule has 0 saturated heterocycles. The van der Waals surface area contributed by atoms with Gasteiger partial charge in [-0.1, -0.05) is 6.92 Å². The molecule has 0 radical (unpaired) electrons. The first kappa shape index (κ1) is 11.2. The van der Waals surface area contributed by atoms with E-state index in [4.69, 9.17) is 9.47 Å². The maximum absolute atomic E-state index is 5.83. The van der Waals surface area contributed by atoms with E-state index in [9.17, 15) is 0 Å². The maximum atomic E-state index is 5.83. The molecule has 3 heteroatoms.